The van der Waals surface area contributed by atoms with Crippen LogP contribution >= 0.6 is 11.6 Å². The number of hydrogen-bond acceptors (Lipinski definition) is 3. The van der Waals surface area contributed by atoms with Crippen LogP contribution in [0.25, 0.3) is 0 Å². The molecule has 0 fully saturated rings. The molecule has 0 aromatic heterocycles. The summed E-state index contributed by atoms with van der Waals surface area (Å²) in [6.07, 6.45) is 0. The molecule has 0 aliphatic rings. The number of nitrogens with two attached hydrogens (primary N) is 1. The lowest BCUT2D eigenvalue weighted by atomic mass is 10.2. The fourth-order valence-electron chi connectivity index (χ4n) is 1.12. The van der Waals surface area contributed by atoms with Crippen LogP contribution in [-0.4, -0.2) is 13.2 Å². The van der Waals surface area contributed by atoms with Crippen molar-refractivity contribution >= 4 is 27.1 Å². The van der Waals surface area contributed by atoms with Crippen LogP contribution in [0.5, 0.6) is 0 Å². The van der Waals surface area contributed by atoms with Crippen molar-refractivity contribution in [2.45, 2.75) is 31.3 Å². The van der Waals surface area contributed by atoms with E-state index in [0.29, 0.717) is 16.3 Å². The van der Waals surface area contributed by atoms with E-state index < -0.39 is 14.6 Å². The molecular weight excluding hydrogens is 246 g/mol. The smallest absolute Gasteiger partial charge is 0.159 e. The second-order valence-electron chi connectivity index (χ2n) is 4.71. The predicted molar refractivity (Wildman–Crippen MR) is 68.2 cm³/mol. The normalized spacial score (nSPS) is 12.8. The topological polar surface area (TPSA) is 60.2 Å². The largest absolute Gasteiger partial charge is 0.398 e. The summed E-state index contributed by atoms with van der Waals surface area (Å²) in [5, 5.41) is 0.494. The van der Waals surface area contributed by atoms with Gasteiger partial charge in [0.1, 0.15) is 0 Å². The molecule has 0 aliphatic heterocycles. The maximum atomic E-state index is 12.0. The van der Waals surface area contributed by atoms with Gasteiger partial charge in [-0.05, 0) is 44.5 Å². The Labute approximate surface area is 102 Å². The molecule has 0 heterocycles. The van der Waals surface area contributed by atoms with Crippen molar-refractivity contribution in [2.24, 2.45) is 0 Å². The maximum absolute atomic E-state index is 12.0. The third kappa shape index (κ3) is 2.89. The zero-order valence-electron chi connectivity index (χ0n) is 9.62. The SMILES string of the molecule is CC(C)(C)S(=O)(=O)Cc1cc(Cl)ccc1N. The molecule has 0 spiro atoms. The summed E-state index contributed by atoms with van der Waals surface area (Å²) in [5.41, 5.74) is 6.73. The maximum Gasteiger partial charge on any atom is 0.159 e. The van der Waals surface area contributed by atoms with Gasteiger partial charge in [-0.1, -0.05) is 11.6 Å². The van der Waals surface area contributed by atoms with E-state index in [4.69, 9.17) is 17.3 Å². The standard InChI is InChI=1S/C11H16ClNO2S/c1-11(2,3)16(14,15)7-8-6-9(12)4-5-10(8)13/h4-6H,7,13H2,1-3H3. The Morgan fingerprint density at radius 1 is 1.31 bits per heavy atom. The van der Waals surface area contributed by atoms with E-state index >= 15 is 0 Å². The molecule has 90 valence electrons. The third-order valence-electron chi connectivity index (χ3n) is 2.38. The third-order valence-corrected chi connectivity index (χ3v) is 5.18. The Bertz CT molecular complexity index is 489. The van der Waals surface area contributed by atoms with Gasteiger partial charge in [0.2, 0.25) is 0 Å². The molecule has 0 bridgehead atoms. The number of sulfone groups is 1. The van der Waals surface area contributed by atoms with Gasteiger partial charge >= 0.3 is 0 Å². The summed E-state index contributed by atoms with van der Waals surface area (Å²) < 4.78 is 23.2. The molecule has 5 heteroatoms. The van der Waals surface area contributed by atoms with Crippen molar-refractivity contribution in [2.75, 3.05) is 5.73 Å². The molecule has 0 unspecified atom stereocenters. The van der Waals surface area contributed by atoms with E-state index in [-0.39, 0.29) is 5.75 Å². The highest BCUT2D eigenvalue weighted by Gasteiger charge is 2.29. The van der Waals surface area contributed by atoms with Gasteiger partial charge in [0.05, 0.1) is 10.5 Å². The Balaban J connectivity index is 3.11. The van der Waals surface area contributed by atoms with Crippen LogP contribution < -0.4 is 5.73 Å². The van der Waals surface area contributed by atoms with Gasteiger partial charge in [0, 0.05) is 10.7 Å². The van der Waals surface area contributed by atoms with Gasteiger partial charge in [0.25, 0.3) is 0 Å². The zero-order chi connectivity index (χ0) is 12.6. The lowest BCUT2D eigenvalue weighted by Crippen LogP contribution is -2.29. The fraction of sp³-hybridized carbons (Fsp3) is 0.455. The highest BCUT2D eigenvalue weighted by molar-refractivity contribution is 7.91. The van der Waals surface area contributed by atoms with Crippen LogP contribution in [0.2, 0.25) is 5.02 Å². The highest BCUT2D eigenvalue weighted by Crippen LogP contribution is 2.25. The Morgan fingerprint density at radius 3 is 2.38 bits per heavy atom. The van der Waals surface area contributed by atoms with E-state index in [9.17, 15) is 8.42 Å². The van der Waals surface area contributed by atoms with Crippen LogP contribution in [0.1, 0.15) is 26.3 Å². The van der Waals surface area contributed by atoms with Gasteiger partial charge in [-0.3, -0.25) is 0 Å². The fourth-order valence-corrected chi connectivity index (χ4v) is 2.41. The molecule has 0 radical (unpaired) electrons. The lowest BCUT2D eigenvalue weighted by Gasteiger charge is -2.19. The number of halogens is 1. The molecule has 1 rings (SSSR count). The summed E-state index contributed by atoms with van der Waals surface area (Å²) in [6, 6.07) is 4.86. The van der Waals surface area contributed by atoms with E-state index in [0.717, 1.165) is 0 Å². The van der Waals surface area contributed by atoms with E-state index in [2.05, 4.69) is 0 Å². The first-order valence-corrected chi connectivity index (χ1v) is 6.93. The van der Waals surface area contributed by atoms with Crippen LogP contribution in [0, 0.1) is 0 Å². The summed E-state index contributed by atoms with van der Waals surface area (Å²) in [4.78, 5) is 0. The number of anilines is 1. The molecular formula is C11H16ClNO2S. The zero-order valence-corrected chi connectivity index (χ0v) is 11.2. The van der Waals surface area contributed by atoms with Gasteiger partial charge in [-0.2, -0.15) is 0 Å². The second-order valence-corrected chi connectivity index (χ2v) is 7.89. The minimum atomic E-state index is -3.23. The Hall–Kier alpha value is -0.740. The molecule has 0 saturated heterocycles. The molecule has 0 saturated carbocycles. The monoisotopic (exact) mass is 261 g/mol. The van der Waals surface area contributed by atoms with E-state index in [1.54, 1.807) is 39.0 Å². The molecule has 0 aliphatic carbocycles. The minimum Gasteiger partial charge on any atom is -0.398 e. The summed E-state index contributed by atoms with van der Waals surface area (Å²) in [6.45, 7) is 5.01. The lowest BCUT2D eigenvalue weighted by molar-refractivity contribution is 0.559. The summed E-state index contributed by atoms with van der Waals surface area (Å²) in [7, 11) is -3.23. The minimum absolute atomic E-state index is 0.0805. The molecule has 0 atom stereocenters. The van der Waals surface area contributed by atoms with Crippen molar-refractivity contribution in [3.05, 3.63) is 28.8 Å². The summed E-state index contributed by atoms with van der Waals surface area (Å²) in [5.74, 6) is -0.0805. The molecule has 2 N–H and O–H groups in total. The molecule has 3 nitrogen and oxygen atoms in total. The average molecular weight is 262 g/mol. The van der Waals surface area contributed by atoms with E-state index in [1.807, 2.05) is 0 Å². The first-order valence-electron chi connectivity index (χ1n) is 4.90. The van der Waals surface area contributed by atoms with Crippen LogP contribution in [0.15, 0.2) is 18.2 Å². The van der Waals surface area contributed by atoms with Gasteiger partial charge < -0.3 is 5.73 Å². The first-order chi connectivity index (χ1) is 7.13. The van der Waals surface area contributed by atoms with Crippen molar-refractivity contribution in [3.8, 4) is 0 Å². The number of rotatable bonds is 2. The second kappa shape index (κ2) is 4.26. The van der Waals surface area contributed by atoms with Crippen molar-refractivity contribution in [1.29, 1.82) is 0 Å². The van der Waals surface area contributed by atoms with Crippen molar-refractivity contribution in [3.63, 3.8) is 0 Å². The van der Waals surface area contributed by atoms with Crippen molar-refractivity contribution in [1.82, 2.24) is 0 Å². The number of benzene rings is 1. The first kappa shape index (κ1) is 13.3. The average Bonchev–Trinajstić information content (AvgIpc) is 2.09. The van der Waals surface area contributed by atoms with Gasteiger partial charge in [-0.15, -0.1) is 0 Å². The van der Waals surface area contributed by atoms with Crippen LogP contribution in [0.4, 0.5) is 5.69 Å². The molecule has 16 heavy (non-hydrogen) atoms. The van der Waals surface area contributed by atoms with Crippen LogP contribution in [0.3, 0.4) is 0 Å². The number of nitrogen functional groups attached to an aromatic ring is 1. The quantitative estimate of drug-likeness (QED) is 0.833. The number of hydrogen-bond donors (Lipinski definition) is 1. The highest BCUT2D eigenvalue weighted by atomic mass is 35.5. The Kier molecular flexibility index (Phi) is 3.55. The van der Waals surface area contributed by atoms with Gasteiger partial charge in [0.15, 0.2) is 9.84 Å². The summed E-state index contributed by atoms with van der Waals surface area (Å²) >= 11 is 5.81. The Morgan fingerprint density at radius 2 is 1.88 bits per heavy atom. The molecule has 0 amide bonds. The molecule has 1 aromatic carbocycles. The van der Waals surface area contributed by atoms with Gasteiger partial charge in [-0.25, -0.2) is 8.42 Å². The van der Waals surface area contributed by atoms with Crippen molar-refractivity contribution < 1.29 is 8.42 Å². The predicted octanol–water partition coefficient (Wildman–Crippen LogP) is 2.64. The van der Waals surface area contributed by atoms with E-state index in [1.165, 1.54) is 0 Å². The molecule has 1 aromatic rings. The van der Waals surface area contributed by atoms with Crippen LogP contribution in [-0.2, 0) is 15.6 Å².